The van der Waals surface area contributed by atoms with E-state index in [1.165, 1.54) is 18.6 Å². The average Bonchev–Trinajstić information content (AvgIpc) is 2.36. The van der Waals surface area contributed by atoms with Gasteiger partial charge in [0, 0.05) is 10.5 Å². The molecular weight excluding hydrogens is 323 g/mol. The van der Waals surface area contributed by atoms with E-state index in [0.717, 1.165) is 31.7 Å². The van der Waals surface area contributed by atoms with Gasteiger partial charge in [-0.05, 0) is 31.0 Å². The quantitative estimate of drug-likeness (QED) is 0.808. The second kappa shape index (κ2) is 6.13. The van der Waals surface area contributed by atoms with Crippen LogP contribution in [-0.2, 0) is 6.18 Å². The molecule has 0 aliphatic heterocycles. The maximum atomic E-state index is 12.6. The molecule has 0 amide bonds. The molecule has 0 bridgehead atoms. The van der Waals surface area contributed by atoms with E-state index in [1.54, 1.807) is 0 Å². The van der Waals surface area contributed by atoms with Crippen molar-refractivity contribution in [1.82, 2.24) is 5.48 Å². The van der Waals surface area contributed by atoms with Crippen LogP contribution < -0.4 is 10.3 Å². The van der Waals surface area contributed by atoms with Crippen molar-refractivity contribution in [2.24, 2.45) is 0 Å². The largest absolute Gasteiger partial charge is 0.417 e. The molecular formula is C13H15BrF3NO. The minimum atomic E-state index is -4.35. The molecule has 0 radical (unpaired) electrons. The Balaban J connectivity index is 1.96. The molecule has 1 N–H and O–H groups in total. The summed E-state index contributed by atoms with van der Waals surface area (Å²) in [6.07, 6.45) is 1.30. The third-order valence-electron chi connectivity index (χ3n) is 3.19. The summed E-state index contributed by atoms with van der Waals surface area (Å²) in [4.78, 5) is 5.35. The van der Waals surface area contributed by atoms with E-state index in [-0.39, 0.29) is 10.5 Å². The fourth-order valence-electron chi connectivity index (χ4n) is 2.16. The van der Waals surface area contributed by atoms with Crippen LogP contribution in [0, 0.1) is 0 Å². The minimum Gasteiger partial charge on any atom is -0.408 e. The molecule has 0 heterocycles. The Hall–Kier alpha value is -0.750. The molecule has 0 atom stereocenters. The number of rotatable bonds is 3. The van der Waals surface area contributed by atoms with Crippen LogP contribution in [0.1, 0.15) is 37.7 Å². The van der Waals surface area contributed by atoms with E-state index < -0.39 is 11.7 Å². The lowest BCUT2D eigenvalue weighted by atomic mass is 9.96. The average molecular weight is 338 g/mol. The monoisotopic (exact) mass is 337 g/mol. The molecule has 106 valence electrons. The molecule has 1 aliphatic rings. The van der Waals surface area contributed by atoms with E-state index in [9.17, 15) is 13.2 Å². The van der Waals surface area contributed by atoms with Crippen molar-refractivity contribution in [3.05, 3.63) is 28.2 Å². The summed E-state index contributed by atoms with van der Waals surface area (Å²) in [5.41, 5.74) is 2.22. The van der Waals surface area contributed by atoms with Gasteiger partial charge in [0.1, 0.15) is 5.75 Å². The molecule has 0 spiro atoms. The zero-order valence-corrected chi connectivity index (χ0v) is 11.9. The molecule has 1 aliphatic carbocycles. The molecule has 1 saturated carbocycles. The molecule has 2 nitrogen and oxygen atoms in total. The molecule has 0 unspecified atom stereocenters. The zero-order valence-electron chi connectivity index (χ0n) is 10.3. The summed E-state index contributed by atoms with van der Waals surface area (Å²) in [5, 5.41) is 0. The van der Waals surface area contributed by atoms with Crippen molar-refractivity contribution in [3.63, 3.8) is 0 Å². The van der Waals surface area contributed by atoms with Crippen LogP contribution in [0.4, 0.5) is 13.2 Å². The zero-order chi connectivity index (χ0) is 13.9. The summed E-state index contributed by atoms with van der Waals surface area (Å²) < 4.78 is 37.7. The summed E-state index contributed by atoms with van der Waals surface area (Å²) in [5.74, 6) is 0.380. The van der Waals surface area contributed by atoms with Crippen molar-refractivity contribution < 1.29 is 18.0 Å². The Bertz CT molecular complexity index is 430. The fourth-order valence-corrected chi connectivity index (χ4v) is 2.74. The van der Waals surface area contributed by atoms with E-state index in [4.69, 9.17) is 4.84 Å². The third kappa shape index (κ3) is 4.11. The summed E-state index contributed by atoms with van der Waals surface area (Å²) in [7, 11) is 0. The van der Waals surface area contributed by atoms with Gasteiger partial charge in [-0.25, -0.2) is 0 Å². The number of benzene rings is 1. The highest BCUT2D eigenvalue weighted by Crippen LogP contribution is 2.36. The van der Waals surface area contributed by atoms with Crippen molar-refractivity contribution in [2.75, 3.05) is 0 Å². The molecule has 6 heteroatoms. The topological polar surface area (TPSA) is 21.3 Å². The first-order valence-corrected chi connectivity index (χ1v) is 7.05. The number of nitrogens with one attached hydrogen (secondary N) is 1. The normalized spacial score (nSPS) is 17.5. The Morgan fingerprint density at radius 3 is 2.42 bits per heavy atom. The maximum absolute atomic E-state index is 12.6. The van der Waals surface area contributed by atoms with E-state index in [1.807, 2.05) is 0 Å². The van der Waals surface area contributed by atoms with Gasteiger partial charge in [0.15, 0.2) is 0 Å². The molecule has 19 heavy (non-hydrogen) atoms. The highest BCUT2D eigenvalue weighted by molar-refractivity contribution is 9.10. The van der Waals surface area contributed by atoms with E-state index in [0.29, 0.717) is 5.75 Å². The van der Waals surface area contributed by atoms with Crippen LogP contribution >= 0.6 is 15.9 Å². The number of alkyl halides is 3. The predicted molar refractivity (Wildman–Crippen MR) is 69.8 cm³/mol. The van der Waals surface area contributed by atoms with E-state index >= 15 is 0 Å². The Morgan fingerprint density at radius 1 is 1.16 bits per heavy atom. The molecule has 1 aromatic carbocycles. The summed E-state index contributed by atoms with van der Waals surface area (Å²) >= 11 is 2.92. The van der Waals surface area contributed by atoms with Crippen LogP contribution in [0.2, 0.25) is 0 Å². The maximum Gasteiger partial charge on any atom is 0.417 e. The fraction of sp³-hybridized carbons (Fsp3) is 0.538. The van der Waals surface area contributed by atoms with Gasteiger partial charge < -0.3 is 4.84 Å². The number of hydrogen-bond donors (Lipinski definition) is 1. The SMILES string of the molecule is FC(F)(F)c1ccc(ONC2CCCCC2)cc1Br. The van der Waals surface area contributed by atoms with Crippen molar-refractivity contribution >= 4 is 15.9 Å². The van der Waals surface area contributed by atoms with Gasteiger partial charge in [-0.1, -0.05) is 35.2 Å². The predicted octanol–water partition coefficient (Wildman–Crippen LogP) is 4.68. The Morgan fingerprint density at radius 2 is 1.84 bits per heavy atom. The second-order valence-corrected chi connectivity index (χ2v) is 5.55. The molecule has 1 aromatic rings. The van der Waals surface area contributed by atoms with Gasteiger partial charge in [-0.2, -0.15) is 18.7 Å². The standard InChI is InChI=1S/C13H15BrF3NO/c14-12-8-10(6-7-11(12)13(15,16)17)19-18-9-4-2-1-3-5-9/h6-9,18H,1-5H2. The first kappa shape index (κ1) is 14.7. The summed E-state index contributed by atoms with van der Waals surface area (Å²) in [6, 6.07) is 3.96. The second-order valence-electron chi connectivity index (χ2n) is 4.69. The molecule has 2 rings (SSSR count). The van der Waals surface area contributed by atoms with Crippen LogP contribution in [0.3, 0.4) is 0 Å². The minimum absolute atomic E-state index is 0.0112. The Kier molecular flexibility index (Phi) is 4.73. The van der Waals surface area contributed by atoms with Gasteiger partial charge in [-0.3, -0.25) is 0 Å². The van der Waals surface area contributed by atoms with Gasteiger partial charge in [0.25, 0.3) is 0 Å². The Labute approximate surface area is 118 Å². The number of halogens is 4. The molecule has 0 aromatic heterocycles. The van der Waals surface area contributed by atoms with Crippen molar-refractivity contribution in [2.45, 2.75) is 44.3 Å². The lowest BCUT2D eigenvalue weighted by molar-refractivity contribution is -0.138. The van der Waals surface area contributed by atoms with Crippen molar-refractivity contribution in [1.29, 1.82) is 0 Å². The first-order valence-electron chi connectivity index (χ1n) is 6.26. The van der Waals surface area contributed by atoms with Gasteiger partial charge in [-0.15, -0.1) is 0 Å². The smallest absolute Gasteiger partial charge is 0.408 e. The van der Waals surface area contributed by atoms with Crippen molar-refractivity contribution in [3.8, 4) is 5.75 Å². The van der Waals surface area contributed by atoms with Gasteiger partial charge >= 0.3 is 6.18 Å². The molecule has 0 saturated heterocycles. The summed E-state index contributed by atoms with van der Waals surface area (Å²) in [6.45, 7) is 0. The highest BCUT2D eigenvalue weighted by atomic mass is 79.9. The van der Waals surface area contributed by atoms with Crippen LogP contribution in [0.5, 0.6) is 5.75 Å². The number of hydrogen-bond acceptors (Lipinski definition) is 2. The van der Waals surface area contributed by atoms with Gasteiger partial charge in [0.2, 0.25) is 0 Å². The molecule has 1 fully saturated rings. The van der Waals surface area contributed by atoms with Gasteiger partial charge in [0.05, 0.1) is 5.56 Å². The third-order valence-corrected chi connectivity index (χ3v) is 3.85. The lowest BCUT2D eigenvalue weighted by Gasteiger charge is -2.22. The van der Waals surface area contributed by atoms with E-state index in [2.05, 4.69) is 21.4 Å². The number of hydroxylamine groups is 1. The highest BCUT2D eigenvalue weighted by Gasteiger charge is 2.33. The van der Waals surface area contributed by atoms with Crippen LogP contribution in [-0.4, -0.2) is 6.04 Å². The van der Waals surface area contributed by atoms with Crippen LogP contribution in [0.15, 0.2) is 22.7 Å². The first-order chi connectivity index (χ1) is 8.97. The van der Waals surface area contributed by atoms with Crippen LogP contribution in [0.25, 0.3) is 0 Å². The lowest BCUT2D eigenvalue weighted by Crippen LogP contribution is -2.33.